The Bertz CT molecular complexity index is 606. The summed E-state index contributed by atoms with van der Waals surface area (Å²) in [6.45, 7) is 1.73. The van der Waals surface area contributed by atoms with Gasteiger partial charge < -0.3 is 10.2 Å². The average molecular weight is 273 g/mol. The molecule has 20 heavy (non-hydrogen) atoms. The van der Waals surface area contributed by atoms with Crippen molar-refractivity contribution in [3.63, 3.8) is 0 Å². The molecule has 3 nitrogen and oxygen atoms in total. The molecular formula is C16H16FNO2. The highest BCUT2D eigenvalue weighted by Gasteiger charge is 2.22. The van der Waals surface area contributed by atoms with E-state index in [-0.39, 0.29) is 18.1 Å². The van der Waals surface area contributed by atoms with Crippen LogP contribution in [-0.2, 0) is 5.60 Å². The topological polar surface area (TPSA) is 52.8 Å². The minimum Gasteiger partial charge on any atom is -0.507 e. The molecule has 0 spiro atoms. The second kappa shape index (κ2) is 5.84. The summed E-state index contributed by atoms with van der Waals surface area (Å²) in [7, 11) is 0. The molecule has 0 bridgehead atoms. The Hall–Kier alpha value is -2.20. The van der Waals surface area contributed by atoms with Crippen LogP contribution >= 0.6 is 0 Å². The van der Waals surface area contributed by atoms with Gasteiger partial charge in [-0.2, -0.15) is 0 Å². The minimum absolute atomic E-state index is 0.118. The van der Waals surface area contributed by atoms with Crippen LogP contribution in [0.2, 0.25) is 0 Å². The highest BCUT2D eigenvalue weighted by Crippen LogP contribution is 2.21. The van der Waals surface area contributed by atoms with Gasteiger partial charge in [0.2, 0.25) is 0 Å². The van der Waals surface area contributed by atoms with Gasteiger partial charge in [-0.1, -0.05) is 24.3 Å². The van der Waals surface area contributed by atoms with Crippen LogP contribution in [0.5, 0.6) is 5.75 Å². The van der Waals surface area contributed by atoms with Gasteiger partial charge in [0.1, 0.15) is 17.2 Å². The fourth-order valence-electron chi connectivity index (χ4n) is 1.82. The number of halogens is 1. The van der Waals surface area contributed by atoms with Crippen molar-refractivity contribution in [3.05, 3.63) is 65.5 Å². The third-order valence-corrected chi connectivity index (χ3v) is 3.03. The molecule has 0 heterocycles. The Kier molecular flexibility index (Phi) is 4.15. The molecule has 2 rings (SSSR count). The zero-order chi connectivity index (χ0) is 14.6. The molecule has 0 aliphatic rings. The first-order valence-electron chi connectivity index (χ1n) is 6.25. The summed E-state index contributed by atoms with van der Waals surface area (Å²) in [5.74, 6) is -0.208. The first-order valence-corrected chi connectivity index (χ1v) is 6.25. The molecule has 2 N–H and O–H groups in total. The van der Waals surface area contributed by atoms with E-state index in [1.807, 2.05) is 0 Å². The summed E-state index contributed by atoms with van der Waals surface area (Å²) in [6.07, 6.45) is 1.51. The molecule has 1 unspecified atom stereocenters. The van der Waals surface area contributed by atoms with Gasteiger partial charge in [-0.25, -0.2) is 4.39 Å². The monoisotopic (exact) mass is 273 g/mol. The van der Waals surface area contributed by atoms with Crippen LogP contribution in [0.15, 0.2) is 53.5 Å². The summed E-state index contributed by atoms with van der Waals surface area (Å²) >= 11 is 0. The number of hydrogen-bond donors (Lipinski definition) is 2. The Labute approximate surface area is 117 Å². The largest absolute Gasteiger partial charge is 0.507 e. The molecule has 2 aromatic rings. The normalized spacial score (nSPS) is 14.3. The minimum atomic E-state index is -1.19. The summed E-state index contributed by atoms with van der Waals surface area (Å²) in [6, 6.07) is 12.5. The van der Waals surface area contributed by atoms with Crippen molar-refractivity contribution in [1.29, 1.82) is 0 Å². The van der Waals surface area contributed by atoms with E-state index in [2.05, 4.69) is 4.99 Å². The van der Waals surface area contributed by atoms with E-state index in [1.165, 1.54) is 30.5 Å². The fraction of sp³-hybridized carbons (Fsp3) is 0.188. The zero-order valence-corrected chi connectivity index (χ0v) is 11.1. The van der Waals surface area contributed by atoms with Crippen molar-refractivity contribution < 1.29 is 14.6 Å². The van der Waals surface area contributed by atoms with E-state index in [0.29, 0.717) is 11.1 Å². The first kappa shape index (κ1) is 14.2. The molecule has 4 heteroatoms. The lowest BCUT2D eigenvalue weighted by Gasteiger charge is -2.21. The number of aromatic hydroxyl groups is 1. The number of phenolic OH excluding ortho intramolecular Hbond substituents is 1. The average Bonchev–Trinajstić information content (AvgIpc) is 2.41. The smallest absolute Gasteiger partial charge is 0.124 e. The number of benzene rings is 2. The molecule has 0 aliphatic carbocycles. The van der Waals surface area contributed by atoms with Crippen molar-refractivity contribution in [2.45, 2.75) is 12.5 Å². The third kappa shape index (κ3) is 3.42. The van der Waals surface area contributed by atoms with E-state index in [9.17, 15) is 14.6 Å². The Morgan fingerprint density at radius 3 is 2.45 bits per heavy atom. The van der Waals surface area contributed by atoms with Gasteiger partial charge in [0, 0.05) is 11.8 Å². The van der Waals surface area contributed by atoms with Crippen molar-refractivity contribution >= 4 is 6.21 Å². The summed E-state index contributed by atoms with van der Waals surface area (Å²) in [5, 5.41) is 19.9. The number of hydrogen-bond acceptors (Lipinski definition) is 3. The van der Waals surface area contributed by atoms with Gasteiger partial charge in [-0.3, -0.25) is 4.99 Å². The van der Waals surface area contributed by atoms with Gasteiger partial charge >= 0.3 is 0 Å². The zero-order valence-electron chi connectivity index (χ0n) is 11.1. The highest BCUT2D eigenvalue weighted by atomic mass is 19.1. The molecule has 2 aromatic carbocycles. The lowest BCUT2D eigenvalue weighted by molar-refractivity contribution is 0.0675. The molecule has 0 radical (unpaired) electrons. The SMILES string of the molecule is CC(O)(CN=Cc1ccccc1O)c1ccc(F)cc1. The van der Waals surface area contributed by atoms with Crippen LogP contribution < -0.4 is 0 Å². The Balaban J connectivity index is 2.09. The van der Waals surface area contributed by atoms with Crippen LogP contribution in [0.1, 0.15) is 18.1 Å². The molecule has 0 amide bonds. The molecular weight excluding hydrogens is 257 g/mol. The van der Waals surface area contributed by atoms with E-state index >= 15 is 0 Å². The molecule has 0 aromatic heterocycles. The predicted molar refractivity (Wildman–Crippen MR) is 76.5 cm³/mol. The molecule has 0 aliphatic heterocycles. The maximum atomic E-state index is 12.9. The van der Waals surface area contributed by atoms with Crippen LogP contribution in [-0.4, -0.2) is 23.0 Å². The summed E-state index contributed by atoms with van der Waals surface area (Å²) in [4.78, 5) is 4.14. The van der Waals surface area contributed by atoms with Crippen molar-refractivity contribution in [3.8, 4) is 5.75 Å². The second-order valence-electron chi connectivity index (χ2n) is 4.81. The van der Waals surface area contributed by atoms with Gasteiger partial charge in [-0.15, -0.1) is 0 Å². The van der Waals surface area contributed by atoms with Crippen LogP contribution in [0, 0.1) is 5.82 Å². The number of aliphatic hydroxyl groups is 1. The number of para-hydroxylation sites is 1. The third-order valence-electron chi connectivity index (χ3n) is 3.03. The van der Waals surface area contributed by atoms with Gasteiger partial charge in [0.25, 0.3) is 0 Å². The van der Waals surface area contributed by atoms with E-state index in [1.54, 1.807) is 31.2 Å². The molecule has 0 saturated heterocycles. The van der Waals surface area contributed by atoms with E-state index in [0.717, 1.165) is 0 Å². The van der Waals surface area contributed by atoms with Crippen molar-refractivity contribution in [2.24, 2.45) is 4.99 Å². The van der Waals surface area contributed by atoms with Crippen LogP contribution in [0.4, 0.5) is 4.39 Å². The lowest BCUT2D eigenvalue weighted by Crippen LogP contribution is -2.25. The maximum absolute atomic E-state index is 12.9. The molecule has 104 valence electrons. The molecule has 1 atom stereocenters. The number of rotatable bonds is 4. The van der Waals surface area contributed by atoms with Crippen molar-refractivity contribution in [1.82, 2.24) is 0 Å². The number of phenols is 1. The Morgan fingerprint density at radius 2 is 1.80 bits per heavy atom. The van der Waals surface area contributed by atoms with Gasteiger partial charge in [-0.05, 0) is 36.8 Å². The van der Waals surface area contributed by atoms with Gasteiger partial charge in [0.05, 0.1) is 6.54 Å². The van der Waals surface area contributed by atoms with Gasteiger partial charge in [0.15, 0.2) is 0 Å². The summed E-state index contributed by atoms with van der Waals surface area (Å²) < 4.78 is 12.9. The summed E-state index contributed by atoms with van der Waals surface area (Å²) in [5.41, 5.74) is -0.00930. The van der Waals surface area contributed by atoms with E-state index < -0.39 is 5.60 Å². The number of nitrogens with zero attached hydrogens (tertiary/aromatic N) is 1. The molecule has 0 saturated carbocycles. The van der Waals surface area contributed by atoms with Crippen LogP contribution in [0.3, 0.4) is 0 Å². The Morgan fingerprint density at radius 1 is 1.15 bits per heavy atom. The van der Waals surface area contributed by atoms with E-state index in [4.69, 9.17) is 0 Å². The highest BCUT2D eigenvalue weighted by molar-refractivity contribution is 5.83. The fourth-order valence-corrected chi connectivity index (χ4v) is 1.82. The quantitative estimate of drug-likeness (QED) is 0.842. The maximum Gasteiger partial charge on any atom is 0.124 e. The second-order valence-corrected chi connectivity index (χ2v) is 4.81. The molecule has 0 fully saturated rings. The van der Waals surface area contributed by atoms with Crippen LogP contribution in [0.25, 0.3) is 0 Å². The predicted octanol–water partition coefficient (Wildman–Crippen LogP) is 2.86. The van der Waals surface area contributed by atoms with Crippen molar-refractivity contribution in [2.75, 3.05) is 6.54 Å². The lowest BCUT2D eigenvalue weighted by atomic mass is 9.96. The first-order chi connectivity index (χ1) is 9.49. The standard InChI is InChI=1S/C16H16FNO2/c1-16(20,13-6-8-14(17)9-7-13)11-18-10-12-4-2-3-5-15(12)19/h2-10,19-20H,11H2,1H3. The number of aliphatic imine (C=N–C) groups is 1.